The second-order valence-electron chi connectivity index (χ2n) is 2.56. The molecule has 1 rings (SSSR count). The Morgan fingerprint density at radius 1 is 1.64 bits per heavy atom. The number of nitrogens with two attached hydrogens (primary N) is 1. The van der Waals surface area contributed by atoms with Gasteiger partial charge in [-0.25, -0.2) is 13.8 Å². The molecule has 0 aromatic carbocycles. The molecule has 1 aromatic rings. The Bertz CT molecular complexity index is 333. The van der Waals surface area contributed by atoms with Crippen LogP contribution in [-0.4, -0.2) is 12.1 Å². The van der Waals surface area contributed by atoms with Gasteiger partial charge in [0.25, 0.3) is 6.43 Å². The van der Waals surface area contributed by atoms with Gasteiger partial charge in [-0.05, 0) is 6.07 Å². The molecule has 1 aromatic heterocycles. The van der Waals surface area contributed by atoms with Crippen LogP contribution in [0.5, 0.6) is 5.88 Å². The molecule has 0 amide bonds. The lowest BCUT2D eigenvalue weighted by molar-refractivity contribution is 0.150. The molecule has 0 aliphatic heterocycles. The Kier molecular flexibility index (Phi) is 3.46. The van der Waals surface area contributed by atoms with E-state index in [1.807, 2.05) is 0 Å². The van der Waals surface area contributed by atoms with Gasteiger partial charge >= 0.3 is 0 Å². The van der Waals surface area contributed by atoms with E-state index in [9.17, 15) is 8.78 Å². The first-order valence-corrected chi connectivity index (χ1v) is 4.31. The van der Waals surface area contributed by atoms with Crippen molar-refractivity contribution in [2.75, 3.05) is 12.8 Å². The average Bonchev–Trinajstić information content (AvgIpc) is 2.17. The predicted octanol–water partition coefficient (Wildman–Crippen LogP) is 2.35. The highest BCUT2D eigenvalue weighted by atomic mass is 35.5. The van der Waals surface area contributed by atoms with Crippen molar-refractivity contribution in [2.45, 2.75) is 12.3 Å². The summed E-state index contributed by atoms with van der Waals surface area (Å²) in [6, 6.07) is 1.13. The fourth-order valence-corrected chi connectivity index (χ4v) is 1.24. The van der Waals surface area contributed by atoms with Gasteiger partial charge in [-0.2, -0.15) is 0 Å². The van der Waals surface area contributed by atoms with Crippen LogP contribution >= 0.6 is 11.6 Å². The molecule has 3 nitrogen and oxygen atoms in total. The number of ether oxygens (including phenoxy) is 1. The number of anilines is 1. The van der Waals surface area contributed by atoms with Gasteiger partial charge in [0.05, 0.1) is 24.4 Å². The third-order valence-electron chi connectivity index (χ3n) is 1.68. The maximum Gasteiger partial charge on any atom is 0.265 e. The number of methoxy groups -OCH3 is 1. The first-order valence-electron chi connectivity index (χ1n) is 3.77. The molecule has 0 saturated carbocycles. The summed E-state index contributed by atoms with van der Waals surface area (Å²) in [4.78, 5) is 3.77. The lowest BCUT2D eigenvalue weighted by Gasteiger charge is -2.09. The summed E-state index contributed by atoms with van der Waals surface area (Å²) in [5, 5.41) is 0. The first kappa shape index (κ1) is 11.0. The second-order valence-corrected chi connectivity index (χ2v) is 2.82. The van der Waals surface area contributed by atoms with Gasteiger partial charge in [-0.3, -0.25) is 0 Å². The summed E-state index contributed by atoms with van der Waals surface area (Å²) >= 11 is 5.47. The molecule has 6 heteroatoms. The van der Waals surface area contributed by atoms with Crippen LogP contribution in [0.4, 0.5) is 14.5 Å². The van der Waals surface area contributed by atoms with E-state index < -0.39 is 6.43 Å². The van der Waals surface area contributed by atoms with E-state index >= 15 is 0 Å². The smallest absolute Gasteiger partial charge is 0.265 e. The van der Waals surface area contributed by atoms with Gasteiger partial charge < -0.3 is 10.5 Å². The molecule has 0 bridgehead atoms. The van der Waals surface area contributed by atoms with Crippen molar-refractivity contribution in [2.24, 2.45) is 0 Å². The topological polar surface area (TPSA) is 48.1 Å². The molecule has 0 fully saturated rings. The van der Waals surface area contributed by atoms with Gasteiger partial charge in [0.15, 0.2) is 0 Å². The standard InChI is InChI=1S/C8H9ClF2N2O/c1-14-8-5(12)2-4(7(10)11)6(3-9)13-8/h2,7H,3,12H2,1H3. The zero-order chi connectivity index (χ0) is 10.7. The molecule has 0 aliphatic rings. The summed E-state index contributed by atoms with van der Waals surface area (Å²) < 4.78 is 29.7. The molecule has 0 atom stereocenters. The second kappa shape index (κ2) is 4.41. The fraction of sp³-hybridized carbons (Fsp3) is 0.375. The van der Waals surface area contributed by atoms with E-state index in [0.29, 0.717) is 0 Å². The van der Waals surface area contributed by atoms with Crippen LogP contribution in [0.1, 0.15) is 17.7 Å². The van der Waals surface area contributed by atoms with Crippen molar-refractivity contribution in [3.05, 3.63) is 17.3 Å². The Morgan fingerprint density at radius 3 is 2.71 bits per heavy atom. The van der Waals surface area contributed by atoms with Crippen molar-refractivity contribution >= 4 is 17.3 Å². The van der Waals surface area contributed by atoms with E-state index in [4.69, 9.17) is 22.1 Å². The summed E-state index contributed by atoms with van der Waals surface area (Å²) in [5.41, 5.74) is 5.35. The summed E-state index contributed by atoms with van der Waals surface area (Å²) in [6.07, 6.45) is -2.63. The third kappa shape index (κ3) is 2.04. The lowest BCUT2D eigenvalue weighted by Crippen LogP contribution is -2.03. The number of nitrogens with zero attached hydrogens (tertiary/aromatic N) is 1. The Balaban J connectivity index is 3.24. The summed E-state index contributed by atoms with van der Waals surface area (Å²) in [5.74, 6) is 0.0149. The lowest BCUT2D eigenvalue weighted by atomic mass is 10.2. The van der Waals surface area contributed by atoms with Crippen molar-refractivity contribution in [3.8, 4) is 5.88 Å². The van der Waals surface area contributed by atoms with Crippen LogP contribution in [0.3, 0.4) is 0 Å². The molecule has 78 valence electrons. The number of hydrogen-bond acceptors (Lipinski definition) is 3. The molecule has 0 unspecified atom stereocenters. The Morgan fingerprint density at radius 2 is 2.29 bits per heavy atom. The molecule has 1 heterocycles. The normalized spacial score (nSPS) is 10.6. The van der Waals surface area contributed by atoms with Crippen LogP contribution in [0, 0.1) is 0 Å². The zero-order valence-electron chi connectivity index (χ0n) is 7.43. The van der Waals surface area contributed by atoms with E-state index in [1.165, 1.54) is 7.11 Å². The third-order valence-corrected chi connectivity index (χ3v) is 1.94. The van der Waals surface area contributed by atoms with Gasteiger partial charge in [0, 0.05) is 5.56 Å². The molecular formula is C8H9ClF2N2O. The van der Waals surface area contributed by atoms with E-state index in [-0.39, 0.29) is 28.7 Å². The van der Waals surface area contributed by atoms with Crippen LogP contribution < -0.4 is 10.5 Å². The van der Waals surface area contributed by atoms with Gasteiger partial charge in [0.1, 0.15) is 0 Å². The van der Waals surface area contributed by atoms with Crippen LogP contribution in [-0.2, 0) is 5.88 Å². The Hall–Kier alpha value is -1.10. The van der Waals surface area contributed by atoms with Gasteiger partial charge in [0.2, 0.25) is 5.88 Å². The number of halogens is 3. The van der Waals surface area contributed by atoms with E-state index in [0.717, 1.165) is 6.07 Å². The quantitative estimate of drug-likeness (QED) is 0.799. The summed E-state index contributed by atoms with van der Waals surface area (Å²) in [7, 11) is 1.36. The number of alkyl halides is 3. The number of aromatic nitrogens is 1. The molecule has 0 radical (unpaired) electrons. The number of nitrogen functional groups attached to an aromatic ring is 1. The maximum atomic E-state index is 12.4. The van der Waals surface area contributed by atoms with Crippen LogP contribution in [0.2, 0.25) is 0 Å². The number of rotatable bonds is 3. The van der Waals surface area contributed by atoms with E-state index in [2.05, 4.69) is 4.98 Å². The molecule has 2 N–H and O–H groups in total. The van der Waals surface area contributed by atoms with Crippen molar-refractivity contribution in [1.82, 2.24) is 4.98 Å². The fourth-order valence-electron chi connectivity index (χ4n) is 1.02. The minimum Gasteiger partial charge on any atom is -0.480 e. The maximum absolute atomic E-state index is 12.4. The zero-order valence-corrected chi connectivity index (χ0v) is 8.18. The Labute approximate surface area is 84.8 Å². The predicted molar refractivity (Wildman–Crippen MR) is 49.7 cm³/mol. The highest BCUT2D eigenvalue weighted by molar-refractivity contribution is 6.17. The average molecular weight is 223 g/mol. The largest absolute Gasteiger partial charge is 0.480 e. The van der Waals surface area contributed by atoms with Gasteiger partial charge in [-0.1, -0.05) is 0 Å². The SMILES string of the molecule is COc1nc(CCl)c(C(F)F)cc1N. The highest BCUT2D eigenvalue weighted by Gasteiger charge is 2.16. The van der Waals surface area contributed by atoms with Gasteiger partial charge in [-0.15, -0.1) is 11.6 Å². The number of pyridine rings is 1. The minimum absolute atomic E-state index is 0.0802. The summed E-state index contributed by atoms with van der Waals surface area (Å²) in [6.45, 7) is 0. The molecule has 0 saturated heterocycles. The van der Waals surface area contributed by atoms with Crippen LogP contribution in [0.25, 0.3) is 0 Å². The van der Waals surface area contributed by atoms with Crippen molar-refractivity contribution < 1.29 is 13.5 Å². The monoisotopic (exact) mass is 222 g/mol. The number of hydrogen-bond donors (Lipinski definition) is 1. The highest BCUT2D eigenvalue weighted by Crippen LogP contribution is 2.29. The van der Waals surface area contributed by atoms with E-state index in [1.54, 1.807) is 0 Å². The minimum atomic E-state index is -2.63. The molecule has 14 heavy (non-hydrogen) atoms. The molecule has 0 aliphatic carbocycles. The van der Waals surface area contributed by atoms with Crippen molar-refractivity contribution in [1.29, 1.82) is 0 Å². The first-order chi connectivity index (χ1) is 6.60. The molecule has 0 spiro atoms. The molecular weight excluding hydrogens is 214 g/mol. The van der Waals surface area contributed by atoms with Crippen LogP contribution in [0.15, 0.2) is 6.07 Å². The van der Waals surface area contributed by atoms with Crippen molar-refractivity contribution in [3.63, 3.8) is 0 Å².